The molecule has 1 aliphatic heterocycles. The molecular weight excluding hydrogens is 312 g/mol. The Balaban J connectivity index is 1.80. The van der Waals surface area contributed by atoms with Gasteiger partial charge in [-0.1, -0.05) is 19.1 Å². The minimum absolute atomic E-state index is 0.246. The maximum atomic E-state index is 10.3. The van der Waals surface area contributed by atoms with E-state index in [2.05, 4.69) is 23.8 Å². The van der Waals surface area contributed by atoms with E-state index in [-0.39, 0.29) is 5.75 Å². The van der Waals surface area contributed by atoms with E-state index in [0.29, 0.717) is 11.7 Å². The van der Waals surface area contributed by atoms with E-state index in [0.717, 1.165) is 50.4 Å². The van der Waals surface area contributed by atoms with Crippen LogP contribution < -0.4 is 4.90 Å². The molecule has 25 heavy (non-hydrogen) atoms. The Labute approximate surface area is 149 Å². The number of piperazine rings is 1. The number of anilines is 1. The molecule has 0 saturated carbocycles. The number of hydrogen-bond donors (Lipinski definition) is 1. The molecule has 1 unspecified atom stereocenters. The van der Waals surface area contributed by atoms with E-state index < -0.39 is 0 Å². The smallest absolute Gasteiger partial charge is 0.165 e. The number of rotatable bonds is 2. The van der Waals surface area contributed by atoms with Crippen LogP contribution in [-0.4, -0.2) is 53.2 Å². The van der Waals surface area contributed by atoms with Gasteiger partial charge in [0.2, 0.25) is 0 Å². The van der Waals surface area contributed by atoms with Crippen LogP contribution in [0.25, 0.3) is 11.4 Å². The third kappa shape index (κ3) is 3.21. The molecule has 5 nitrogen and oxygen atoms in total. The van der Waals surface area contributed by atoms with Gasteiger partial charge in [0.15, 0.2) is 5.82 Å². The van der Waals surface area contributed by atoms with Gasteiger partial charge in [0.1, 0.15) is 11.6 Å². The Hall–Kier alpha value is -2.14. The molecule has 1 aromatic heterocycles. The van der Waals surface area contributed by atoms with Crippen LogP contribution >= 0.6 is 0 Å². The fraction of sp³-hybridized carbons (Fsp3) is 0.500. The van der Waals surface area contributed by atoms with E-state index in [1.807, 2.05) is 18.2 Å². The van der Waals surface area contributed by atoms with Crippen molar-refractivity contribution in [2.45, 2.75) is 26.2 Å². The summed E-state index contributed by atoms with van der Waals surface area (Å²) >= 11 is 0. The summed E-state index contributed by atoms with van der Waals surface area (Å²) in [5, 5.41) is 10.3. The number of nitrogens with zero attached hydrogens (tertiary/aromatic N) is 4. The van der Waals surface area contributed by atoms with Crippen molar-refractivity contribution in [2.75, 3.05) is 38.1 Å². The molecule has 1 fully saturated rings. The summed E-state index contributed by atoms with van der Waals surface area (Å²) in [6.07, 6.45) is 3.26. The SMILES string of the molecule is CC1CCc2c(nc(-c3ccccc3O)nc2N2CCN(C)CC2)C1. The van der Waals surface area contributed by atoms with Crippen LogP contribution in [0.2, 0.25) is 0 Å². The van der Waals surface area contributed by atoms with Crippen LogP contribution in [0.3, 0.4) is 0 Å². The zero-order chi connectivity index (χ0) is 17.4. The molecule has 1 N–H and O–H groups in total. The lowest BCUT2D eigenvalue weighted by Gasteiger charge is -2.36. The number of phenolic OH excluding ortho intramolecular Hbond substituents is 1. The predicted molar refractivity (Wildman–Crippen MR) is 100 cm³/mol. The average Bonchev–Trinajstić information content (AvgIpc) is 2.61. The highest BCUT2D eigenvalue weighted by atomic mass is 16.3. The van der Waals surface area contributed by atoms with E-state index in [4.69, 9.17) is 9.97 Å². The Kier molecular flexibility index (Phi) is 4.34. The number of likely N-dealkylation sites (N-methyl/N-ethyl adjacent to an activating group) is 1. The standard InChI is InChI=1S/C20H26N4O/c1-14-7-8-15-17(13-14)21-19(16-5-3-4-6-18(16)25)22-20(15)24-11-9-23(2)10-12-24/h3-6,14,25H,7-13H2,1-2H3. The van der Waals surface area contributed by atoms with Crippen molar-refractivity contribution in [3.8, 4) is 17.1 Å². The molecule has 0 radical (unpaired) electrons. The molecule has 0 amide bonds. The van der Waals surface area contributed by atoms with Crippen molar-refractivity contribution in [2.24, 2.45) is 5.92 Å². The second-order valence-corrected chi connectivity index (χ2v) is 7.45. The lowest BCUT2D eigenvalue weighted by atomic mass is 9.88. The van der Waals surface area contributed by atoms with Crippen LogP contribution in [0, 0.1) is 5.92 Å². The fourth-order valence-corrected chi connectivity index (χ4v) is 3.83. The summed E-state index contributed by atoms with van der Waals surface area (Å²) in [6, 6.07) is 7.37. The molecule has 5 heteroatoms. The molecule has 2 aromatic rings. The van der Waals surface area contributed by atoms with Crippen molar-refractivity contribution in [1.29, 1.82) is 0 Å². The molecule has 1 saturated heterocycles. The first kappa shape index (κ1) is 16.3. The van der Waals surface area contributed by atoms with Gasteiger partial charge in [0.05, 0.1) is 11.3 Å². The van der Waals surface area contributed by atoms with Crippen molar-refractivity contribution < 1.29 is 5.11 Å². The lowest BCUT2D eigenvalue weighted by molar-refractivity contribution is 0.311. The summed E-state index contributed by atoms with van der Waals surface area (Å²) in [5.41, 5.74) is 3.21. The highest BCUT2D eigenvalue weighted by molar-refractivity contribution is 5.66. The molecule has 2 aliphatic rings. The van der Waals surface area contributed by atoms with Gasteiger partial charge in [-0.3, -0.25) is 0 Å². The quantitative estimate of drug-likeness (QED) is 0.912. The van der Waals surface area contributed by atoms with Gasteiger partial charge in [-0.15, -0.1) is 0 Å². The van der Waals surface area contributed by atoms with E-state index in [1.54, 1.807) is 6.07 Å². The van der Waals surface area contributed by atoms with Gasteiger partial charge >= 0.3 is 0 Å². The molecule has 1 atom stereocenters. The zero-order valence-corrected chi connectivity index (χ0v) is 15.1. The van der Waals surface area contributed by atoms with Crippen molar-refractivity contribution in [3.63, 3.8) is 0 Å². The number of benzene rings is 1. The van der Waals surface area contributed by atoms with E-state index in [1.165, 1.54) is 17.7 Å². The zero-order valence-electron chi connectivity index (χ0n) is 15.1. The summed E-state index contributed by atoms with van der Waals surface area (Å²) in [4.78, 5) is 14.5. The normalized spacial score (nSPS) is 21.2. The van der Waals surface area contributed by atoms with Gasteiger partial charge in [0.25, 0.3) is 0 Å². The van der Waals surface area contributed by atoms with Crippen LogP contribution in [0.1, 0.15) is 24.6 Å². The molecule has 132 valence electrons. The number of fused-ring (bicyclic) bond motifs is 1. The second kappa shape index (κ2) is 6.64. The number of hydrogen-bond acceptors (Lipinski definition) is 5. The fourth-order valence-electron chi connectivity index (χ4n) is 3.83. The Morgan fingerprint density at radius 2 is 1.84 bits per heavy atom. The Bertz CT molecular complexity index is 768. The van der Waals surface area contributed by atoms with Crippen LogP contribution in [0.15, 0.2) is 24.3 Å². The third-order valence-corrected chi connectivity index (χ3v) is 5.45. The molecule has 4 rings (SSSR count). The summed E-state index contributed by atoms with van der Waals surface area (Å²) in [5.74, 6) is 2.64. The Morgan fingerprint density at radius 1 is 1.08 bits per heavy atom. The number of aromatic hydroxyl groups is 1. The number of aromatic nitrogens is 2. The maximum Gasteiger partial charge on any atom is 0.165 e. The van der Waals surface area contributed by atoms with Gasteiger partial charge in [-0.2, -0.15) is 0 Å². The molecular formula is C20H26N4O. The third-order valence-electron chi connectivity index (χ3n) is 5.45. The monoisotopic (exact) mass is 338 g/mol. The summed E-state index contributed by atoms with van der Waals surface area (Å²) in [6.45, 7) is 6.40. The highest BCUT2D eigenvalue weighted by Gasteiger charge is 2.26. The van der Waals surface area contributed by atoms with Gasteiger partial charge in [-0.25, -0.2) is 9.97 Å². The second-order valence-electron chi connectivity index (χ2n) is 7.45. The van der Waals surface area contributed by atoms with E-state index in [9.17, 15) is 5.11 Å². The summed E-state index contributed by atoms with van der Waals surface area (Å²) < 4.78 is 0. The van der Waals surface area contributed by atoms with Crippen molar-refractivity contribution in [1.82, 2.24) is 14.9 Å². The average molecular weight is 338 g/mol. The van der Waals surface area contributed by atoms with Crippen LogP contribution in [0.4, 0.5) is 5.82 Å². The van der Waals surface area contributed by atoms with E-state index >= 15 is 0 Å². The minimum atomic E-state index is 0.246. The topological polar surface area (TPSA) is 52.5 Å². The predicted octanol–water partition coefficient (Wildman–Crippen LogP) is 2.73. The first-order valence-corrected chi connectivity index (χ1v) is 9.23. The largest absolute Gasteiger partial charge is 0.507 e. The highest BCUT2D eigenvalue weighted by Crippen LogP contribution is 2.34. The molecule has 1 aliphatic carbocycles. The minimum Gasteiger partial charge on any atom is -0.507 e. The number of para-hydroxylation sites is 1. The molecule has 2 heterocycles. The summed E-state index contributed by atoms with van der Waals surface area (Å²) in [7, 11) is 2.17. The van der Waals surface area contributed by atoms with Gasteiger partial charge < -0.3 is 14.9 Å². The van der Waals surface area contributed by atoms with Gasteiger partial charge in [-0.05, 0) is 44.4 Å². The lowest BCUT2D eigenvalue weighted by Crippen LogP contribution is -2.45. The first-order valence-electron chi connectivity index (χ1n) is 9.23. The van der Waals surface area contributed by atoms with Gasteiger partial charge in [0, 0.05) is 31.7 Å². The van der Waals surface area contributed by atoms with Crippen LogP contribution in [0.5, 0.6) is 5.75 Å². The van der Waals surface area contributed by atoms with Crippen molar-refractivity contribution in [3.05, 3.63) is 35.5 Å². The van der Waals surface area contributed by atoms with Crippen LogP contribution in [-0.2, 0) is 12.8 Å². The number of phenols is 1. The molecule has 0 bridgehead atoms. The maximum absolute atomic E-state index is 10.3. The Morgan fingerprint density at radius 3 is 2.60 bits per heavy atom. The molecule has 1 aromatic carbocycles. The first-order chi connectivity index (χ1) is 12.1. The van der Waals surface area contributed by atoms with Crippen molar-refractivity contribution >= 4 is 5.82 Å². The molecule has 0 spiro atoms.